The minimum atomic E-state index is -4.22. The SMILES string of the molecule is Cc1ccccc1Cc1ccc(N2CC(C(F)(F)F)CC2CC#N)cc1. The quantitative estimate of drug-likeness (QED) is 0.746. The molecule has 1 aliphatic heterocycles. The van der Waals surface area contributed by atoms with E-state index in [1.54, 1.807) is 4.90 Å². The maximum atomic E-state index is 13.1. The molecule has 0 N–H and O–H groups in total. The van der Waals surface area contributed by atoms with E-state index in [0.717, 1.165) is 17.7 Å². The van der Waals surface area contributed by atoms with E-state index in [2.05, 4.69) is 19.1 Å². The van der Waals surface area contributed by atoms with Gasteiger partial charge in [-0.15, -0.1) is 0 Å². The minimum absolute atomic E-state index is 0.0119. The molecular weight excluding hydrogens is 337 g/mol. The first-order valence-electron chi connectivity index (χ1n) is 8.72. The third-order valence-corrected chi connectivity index (χ3v) is 5.13. The minimum Gasteiger partial charge on any atom is -0.367 e. The molecule has 0 aliphatic carbocycles. The molecule has 2 unspecified atom stereocenters. The van der Waals surface area contributed by atoms with Crippen molar-refractivity contribution in [1.82, 2.24) is 0 Å². The van der Waals surface area contributed by atoms with Crippen LogP contribution in [-0.4, -0.2) is 18.8 Å². The second-order valence-corrected chi connectivity index (χ2v) is 6.91. The summed E-state index contributed by atoms with van der Waals surface area (Å²) in [5, 5.41) is 8.96. The zero-order valence-electron chi connectivity index (χ0n) is 14.6. The predicted molar refractivity (Wildman–Crippen MR) is 96.0 cm³/mol. The van der Waals surface area contributed by atoms with Gasteiger partial charge in [-0.25, -0.2) is 0 Å². The van der Waals surface area contributed by atoms with Crippen molar-refractivity contribution in [2.24, 2.45) is 5.92 Å². The van der Waals surface area contributed by atoms with E-state index < -0.39 is 12.1 Å². The van der Waals surface area contributed by atoms with Crippen LogP contribution in [0.4, 0.5) is 18.9 Å². The van der Waals surface area contributed by atoms with E-state index in [0.29, 0.717) is 0 Å². The summed E-state index contributed by atoms with van der Waals surface area (Å²) in [4.78, 5) is 1.74. The van der Waals surface area contributed by atoms with Gasteiger partial charge in [-0.2, -0.15) is 18.4 Å². The van der Waals surface area contributed by atoms with Gasteiger partial charge in [0.1, 0.15) is 0 Å². The topological polar surface area (TPSA) is 27.0 Å². The number of benzene rings is 2. The molecule has 26 heavy (non-hydrogen) atoms. The average Bonchev–Trinajstić information content (AvgIpc) is 3.02. The van der Waals surface area contributed by atoms with Crippen LogP contribution in [0.25, 0.3) is 0 Å². The van der Waals surface area contributed by atoms with E-state index in [4.69, 9.17) is 5.26 Å². The average molecular weight is 358 g/mol. The number of aryl methyl sites for hydroxylation is 1. The van der Waals surface area contributed by atoms with Crippen LogP contribution >= 0.6 is 0 Å². The Balaban J connectivity index is 1.76. The summed E-state index contributed by atoms with van der Waals surface area (Å²) >= 11 is 0. The van der Waals surface area contributed by atoms with Crippen LogP contribution in [0.2, 0.25) is 0 Å². The molecule has 1 fully saturated rings. The highest BCUT2D eigenvalue weighted by molar-refractivity contribution is 5.51. The summed E-state index contributed by atoms with van der Waals surface area (Å²) in [6, 6.07) is 17.5. The Morgan fingerprint density at radius 3 is 2.42 bits per heavy atom. The van der Waals surface area contributed by atoms with E-state index in [-0.39, 0.29) is 25.4 Å². The van der Waals surface area contributed by atoms with Crippen LogP contribution in [-0.2, 0) is 6.42 Å². The van der Waals surface area contributed by atoms with Crippen molar-refractivity contribution in [3.05, 3.63) is 65.2 Å². The van der Waals surface area contributed by atoms with E-state index in [1.165, 1.54) is 11.1 Å². The Bertz CT molecular complexity index is 790. The fraction of sp³-hybridized carbons (Fsp3) is 0.381. The van der Waals surface area contributed by atoms with Gasteiger partial charge in [0, 0.05) is 18.3 Å². The van der Waals surface area contributed by atoms with Crippen LogP contribution < -0.4 is 4.90 Å². The molecule has 136 valence electrons. The van der Waals surface area contributed by atoms with Gasteiger partial charge in [-0.3, -0.25) is 0 Å². The summed E-state index contributed by atoms with van der Waals surface area (Å²) in [6.45, 7) is 1.99. The highest BCUT2D eigenvalue weighted by Crippen LogP contribution is 2.39. The molecule has 0 radical (unpaired) electrons. The molecule has 1 heterocycles. The first kappa shape index (κ1) is 18.3. The lowest BCUT2D eigenvalue weighted by molar-refractivity contribution is -0.168. The van der Waals surface area contributed by atoms with Gasteiger partial charge in [0.25, 0.3) is 0 Å². The normalized spacial score (nSPS) is 20.2. The molecule has 1 aliphatic rings. The number of hydrogen-bond donors (Lipinski definition) is 0. The largest absolute Gasteiger partial charge is 0.393 e. The Hall–Kier alpha value is -2.48. The monoisotopic (exact) mass is 358 g/mol. The third kappa shape index (κ3) is 4.01. The maximum absolute atomic E-state index is 13.1. The van der Waals surface area contributed by atoms with E-state index >= 15 is 0 Å². The predicted octanol–water partition coefficient (Wildman–Crippen LogP) is 5.26. The van der Waals surface area contributed by atoms with Gasteiger partial charge in [0.15, 0.2) is 0 Å². The molecule has 5 heteroatoms. The first-order chi connectivity index (χ1) is 12.4. The number of rotatable bonds is 4. The number of nitriles is 1. The zero-order chi connectivity index (χ0) is 18.7. The van der Waals surface area contributed by atoms with Gasteiger partial charge >= 0.3 is 6.18 Å². The lowest BCUT2D eigenvalue weighted by Gasteiger charge is -2.25. The molecule has 0 saturated carbocycles. The van der Waals surface area contributed by atoms with Crippen LogP contribution in [0.5, 0.6) is 0 Å². The molecular formula is C21H21F3N2. The molecule has 0 aromatic heterocycles. The van der Waals surface area contributed by atoms with E-state index in [9.17, 15) is 13.2 Å². The van der Waals surface area contributed by atoms with Crippen molar-refractivity contribution in [3.63, 3.8) is 0 Å². The number of halogens is 3. The molecule has 2 nitrogen and oxygen atoms in total. The summed E-state index contributed by atoms with van der Waals surface area (Å²) in [7, 11) is 0. The summed E-state index contributed by atoms with van der Waals surface area (Å²) < 4.78 is 39.3. The van der Waals surface area contributed by atoms with Crippen molar-refractivity contribution >= 4 is 5.69 Å². The van der Waals surface area contributed by atoms with Crippen LogP contribution in [0.1, 0.15) is 29.5 Å². The third-order valence-electron chi connectivity index (χ3n) is 5.13. The second kappa shape index (κ2) is 7.41. The van der Waals surface area contributed by atoms with Crippen molar-refractivity contribution < 1.29 is 13.2 Å². The molecule has 1 saturated heterocycles. The molecule has 2 atom stereocenters. The van der Waals surface area contributed by atoms with E-state index in [1.807, 2.05) is 42.5 Å². The Morgan fingerprint density at radius 2 is 1.81 bits per heavy atom. The van der Waals surface area contributed by atoms with Gasteiger partial charge in [0.05, 0.1) is 18.4 Å². The standard InChI is InChI=1S/C21H21F3N2/c1-15-4-2-3-5-17(15)12-16-6-8-19(9-7-16)26-14-18(21(22,23)24)13-20(26)10-11-25/h2-9,18,20H,10,12-14H2,1H3. The lowest BCUT2D eigenvalue weighted by Crippen LogP contribution is -2.30. The van der Waals surface area contributed by atoms with Gasteiger partial charge in [0.2, 0.25) is 0 Å². The molecule has 0 spiro atoms. The van der Waals surface area contributed by atoms with Crippen LogP contribution in [0.3, 0.4) is 0 Å². The van der Waals surface area contributed by atoms with Crippen LogP contribution in [0.15, 0.2) is 48.5 Å². The van der Waals surface area contributed by atoms with Crippen molar-refractivity contribution in [1.29, 1.82) is 5.26 Å². The molecule has 2 aromatic rings. The van der Waals surface area contributed by atoms with Crippen molar-refractivity contribution in [2.75, 3.05) is 11.4 Å². The summed E-state index contributed by atoms with van der Waals surface area (Å²) in [5.74, 6) is -1.37. The highest BCUT2D eigenvalue weighted by Gasteiger charge is 2.47. The van der Waals surface area contributed by atoms with Gasteiger partial charge in [-0.1, -0.05) is 36.4 Å². The summed E-state index contributed by atoms with van der Waals surface area (Å²) in [6.07, 6.45) is -3.33. The Labute approximate surface area is 151 Å². The van der Waals surface area contributed by atoms with Gasteiger partial charge < -0.3 is 4.90 Å². The molecule has 0 bridgehead atoms. The van der Waals surface area contributed by atoms with Crippen LogP contribution in [0, 0.1) is 24.2 Å². The number of hydrogen-bond acceptors (Lipinski definition) is 2. The van der Waals surface area contributed by atoms with Crippen molar-refractivity contribution in [2.45, 2.75) is 38.4 Å². The second-order valence-electron chi connectivity index (χ2n) is 6.91. The number of alkyl halides is 3. The Kier molecular flexibility index (Phi) is 5.22. The molecule has 0 amide bonds. The maximum Gasteiger partial charge on any atom is 0.393 e. The number of anilines is 1. The highest BCUT2D eigenvalue weighted by atomic mass is 19.4. The molecule has 3 rings (SSSR count). The summed E-state index contributed by atoms with van der Waals surface area (Å²) in [5.41, 5.74) is 4.33. The van der Waals surface area contributed by atoms with Crippen molar-refractivity contribution in [3.8, 4) is 6.07 Å². The van der Waals surface area contributed by atoms with Gasteiger partial charge in [-0.05, 0) is 48.6 Å². The smallest absolute Gasteiger partial charge is 0.367 e. The fourth-order valence-corrected chi connectivity index (χ4v) is 3.60. The zero-order valence-corrected chi connectivity index (χ0v) is 14.6. The fourth-order valence-electron chi connectivity index (χ4n) is 3.60. The first-order valence-corrected chi connectivity index (χ1v) is 8.72. The lowest BCUT2D eigenvalue weighted by atomic mass is 10.0. The Morgan fingerprint density at radius 1 is 1.12 bits per heavy atom. The number of nitrogens with zero attached hydrogens (tertiary/aromatic N) is 2. The molecule has 2 aromatic carbocycles.